The molecule has 0 saturated heterocycles. The molecule has 80 valence electrons. The molecular weight excluding hydrogens is 232 g/mol. The molecule has 0 aromatic carbocycles. The number of hydrogen-bond acceptors (Lipinski definition) is 3. The highest BCUT2D eigenvalue weighted by molar-refractivity contribution is 6.38. The van der Waals surface area contributed by atoms with Gasteiger partial charge in [-0.05, 0) is 62.5 Å². The molecule has 0 amide bonds. The standard InChI is InChI=1S/C7H16Cl3N3/c8-7(13(9)10)3-6-12-5-2-1-4-11/h7,12H,1-6,11H2. The molecule has 0 aliphatic heterocycles. The van der Waals surface area contributed by atoms with Gasteiger partial charge in [-0.3, -0.25) is 0 Å². The smallest absolute Gasteiger partial charge is 0.116 e. The van der Waals surface area contributed by atoms with Crippen LogP contribution in [0.5, 0.6) is 0 Å². The van der Waals surface area contributed by atoms with E-state index in [0.29, 0.717) is 0 Å². The highest BCUT2D eigenvalue weighted by Gasteiger charge is 2.09. The van der Waals surface area contributed by atoms with Gasteiger partial charge in [-0.25, -0.2) is 0 Å². The predicted molar refractivity (Wildman–Crippen MR) is 59.0 cm³/mol. The topological polar surface area (TPSA) is 41.3 Å². The Labute approximate surface area is 94.7 Å². The zero-order valence-corrected chi connectivity index (χ0v) is 9.75. The van der Waals surface area contributed by atoms with Crippen LogP contribution < -0.4 is 11.1 Å². The van der Waals surface area contributed by atoms with Crippen molar-refractivity contribution in [3.63, 3.8) is 0 Å². The van der Waals surface area contributed by atoms with E-state index >= 15 is 0 Å². The van der Waals surface area contributed by atoms with Crippen molar-refractivity contribution in [3.05, 3.63) is 0 Å². The molecule has 0 saturated carbocycles. The fraction of sp³-hybridized carbons (Fsp3) is 1.00. The van der Waals surface area contributed by atoms with Crippen molar-refractivity contribution >= 4 is 35.2 Å². The van der Waals surface area contributed by atoms with Gasteiger partial charge in [-0.15, -0.1) is 15.5 Å². The SMILES string of the molecule is NCCCCNCCC(Cl)N(Cl)Cl. The minimum Gasteiger partial charge on any atom is -0.330 e. The number of alkyl halides is 1. The van der Waals surface area contributed by atoms with E-state index in [9.17, 15) is 0 Å². The van der Waals surface area contributed by atoms with Gasteiger partial charge in [0.15, 0.2) is 0 Å². The molecule has 3 N–H and O–H groups in total. The Morgan fingerprint density at radius 2 is 1.92 bits per heavy atom. The summed E-state index contributed by atoms with van der Waals surface area (Å²) in [5.41, 5.74) is 5.01. The number of nitrogens with two attached hydrogens (primary N) is 1. The van der Waals surface area contributed by atoms with Crippen LogP contribution in [0.4, 0.5) is 0 Å². The van der Waals surface area contributed by atoms with Gasteiger partial charge < -0.3 is 11.1 Å². The van der Waals surface area contributed by atoms with Crippen LogP contribution in [0.25, 0.3) is 0 Å². The van der Waals surface area contributed by atoms with E-state index in [-0.39, 0.29) is 5.50 Å². The molecular formula is C7H16Cl3N3. The Morgan fingerprint density at radius 3 is 2.46 bits per heavy atom. The van der Waals surface area contributed by atoms with Crippen molar-refractivity contribution < 1.29 is 0 Å². The third-order valence-electron chi connectivity index (χ3n) is 1.58. The molecule has 3 nitrogen and oxygen atoms in total. The summed E-state index contributed by atoms with van der Waals surface area (Å²) >= 11 is 16.6. The molecule has 0 aromatic rings. The minimum absolute atomic E-state index is 0.328. The van der Waals surface area contributed by atoms with Crippen LogP contribution >= 0.6 is 35.2 Å². The minimum atomic E-state index is -0.328. The zero-order valence-electron chi connectivity index (χ0n) is 7.48. The van der Waals surface area contributed by atoms with Crippen LogP contribution in [0.1, 0.15) is 19.3 Å². The van der Waals surface area contributed by atoms with Gasteiger partial charge in [0, 0.05) is 0 Å². The summed E-state index contributed by atoms with van der Waals surface area (Å²) in [6, 6.07) is 0. The number of nitrogens with zero attached hydrogens (tertiary/aromatic N) is 1. The third kappa shape index (κ3) is 9.06. The number of unbranched alkanes of at least 4 members (excludes halogenated alkanes) is 1. The average Bonchev–Trinajstić information content (AvgIpc) is 2.10. The van der Waals surface area contributed by atoms with Crippen molar-refractivity contribution in [2.45, 2.75) is 24.8 Å². The van der Waals surface area contributed by atoms with Crippen LogP contribution in [0.2, 0.25) is 0 Å². The first-order valence-electron chi connectivity index (χ1n) is 4.34. The van der Waals surface area contributed by atoms with E-state index < -0.39 is 0 Å². The van der Waals surface area contributed by atoms with Crippen LogP contribution in [0.3, 0.4) is 0 Å². The highest BCUT2D eigenvalue weighted by atomic mass is 35.5. The molecule has 0 aliphatic rings. The molecule has 0 aliphatic carbocycles. The highest BCUT2D eigenvalue weighted by Crippen LogP contribution is 2.13. The van der Waals surface area contributed by atoms with Crippen molar-refractivity contribution in [2.75, 3.05) is 19.6 Å². The third-order valence-corrected chi connectivity index (χ3v) is 2.66. The van der Waals surface area contributed by atoms with Gasteiger partial charge in [-0.1, -0.05) is 0 Å². The largest absolute Gasteiger partial charge is 0.330 e. The van der Waals surface area contributed by atoms with Gasteiger partial charge >= 0.3 is 0 Å². The Balaban J connectivity index is 3.07. The van der Waals surface area contributed by atoms with Crippen molar-refractivity contribution in [1.29, 1.82) is 0 Å². The molecule has 0 bridgehead atoms. The van der Waals surface area contributed by atoms with E-state index in [1.54, 1.807) is 0 Å². The summed E-state index contributed by atoms with van der Waals surface area (Å²) in [6.07, 6.45) is 2.86. The first-order chi connectivity index (χ1) is 6.18. The van der Waals surface area contributed by atoms with Gasteiger partial charge in [-0.2, -0.15) is 0 Å². The first-order valence-corrected chi connectivity index (χ1v) is 5.45. The van der Waals surface area contributed by atoms with Crippen LogP contribution in [0.15, 0.2) is 0 Å². The second-order valence-electron chi connectivity index (χ2n) is 2.73. The van der Waals surface area contributed by atoms with E-state index in [2.05, 4.69) is 5.32 Å². The predicted octanol–water partition coefficient (Wildman–Crippen LogP) is 1.88. The Bertz CT molecular complexity index is 113. The summed E-state index contributed by atoms with van der Waals surface area (Å²) in [5.74, 6) is 0. The summed E-state index contributed by atoms with van der Waals surface area (Å²) < 4.78 is 0.961. The molecule has 0 heterocycles. The van der Waals surface area contributed by atoms with Crippen LogP contribution in [-0.2, 0) is 0 Å². The maximum atomic E-state index is 5.76. The van der Waals surface area contributed by atoms with Gasteiger partial charge in [0.1, 0.15) is 5.50 Å². The number of rotatable bonds is 8. The molecule has 1 unspecified atom stereocenters. The molecule has 0 fully saturated rings. The van der Waals surface area contributed by atoms with E-state index in [1.165, 1.54) is 0 Å². The monoisotopic (exact) mass is 247 g/mol. The van der Waals surface area contributed by atoms with Gasteiger partial charge in [0.25, 0.3) is 0 Å². The molecule has 6 heteroatoms. The lowest BCUT2D eigenvalue weighted by molar-refractivity contribution is 0.538. The first kappa shape index (κ1) is 13.8. The summed E-state index contributed by atoms with van der Waals surface area (Å²) in [6.45, 7) is 2.52. The number of nitrogens with one attached hydrogen (secondary N) is 1. The van der Waals surface area contributed by atoms with Crippen molar-refractivity contribution in [2.24, 2.45) is 5.73 Å². The molecule has 0 rings (SSSR count). The van der Waals surface area contributed by atoms with E-state index in [4.69, 9.17) is 40.9 Å². The second-order valence-corrected chi connectivity index (χ2v) is 4.13. The maximum Gasteiger partial charge on any atom is 0.116 e. The second kappa shape index (κ2) is 9.31. The Kier molecular flexibility index (Phi) is 9.85. The molecule has 0 aromatic heterocycles. The van der Waals surface area contributed by atoms with Gasteiger partial charge in [0.05, 0.1) is 0 Å². The maximum absolute atomic E-state index is 5.76. The van der Waals surface area contributed by atoms with Crippen LogP contribution in [-0.4, -0.2) is 29.1 Å². The lowest BCUT2D eigenvalue weighted by Crippen LogP contribution is -2.23. The van der Waals surface area contributed by atoms with E-state index in [1.807, 2.05) is 0 Å². The molecule has 13 heavy (non-hydrogen) atoms. The lowest BCUT2D eigenvalue weighted by Gasteiger charge is -2.12. The fourth-order valence-electron chi connectivity index (χ4n) is 0.838. The Hall–Kier alpha value is 0.750. The molecule has 0 radical (unpaired) electrons. The number of hydrogen-bond donors (Lipinski definition) is 2. The Morgan fingerprint density at radius 1 is 1.23 bits per heavy atom. The quantitative estimate of drug-likeness (QED) is 0.298. The molecule has 0 spiro atoms. The summed E-state index contributed by atoms with van der Waals surface area (Å²) in [5, 5.41) is 3.22. The normalized spacial score (nSPS) is 13.6. The summed E-state index contributed by atoms with van der Waals surface area (Å²) in [4.78, 5) is 0. The number of halogens is 3. The average molecular weight is 249 g/mol. The summed E-state index contributed by atoms with van der Waals surface area (Å²) in [7, 11) is 0. The van der Waals surface area contributed by atoms with Gasteiger partial charge in [0.2, 0.25) is 0 Å². The van der Waals surface area contributed by atoms with Crippen LogP contribution in [0, 0.1) is 0 Å². The zero-order chi connectivity index (χ0) is 10.1. The van der Waals surface area contributed by atoms with Crippen molar-refractivity contribution in [3.8, 4) is 0 Å². The van der Waals surface area contributed by atoms with E-state index in [0.717, 1.165) is 42.8 Å². The lowest BCUT2D eigenvalue weighted by atomic mass is 10.3. The fourth-order valence-corrected chi connectivity index (χ4v) is 1.14. The van der Waals surface area contributed by atoms with Crippen molar-refractivity contribution in [1.82, 2.24) is 9.25 Å². The molecule has 1 atom stereocenters.